The van der Waals surface area contributed by atoms with Gasteiger partial charge in [0.25, 0.3) is 5.91 Å². The molecule has 1 aromatic heterocycles. The van der Waals surface area contributed by atoms with Crippen molar-refractivity contribution in [3.63, 3.8) is 0 Å². The van der Waals surface area contributed by atoms with Crippen molar-refractivity contribution in [3.05, 3.63) is 76.4 Å². The highest BCUT2D eigenvalue weighted by Crippen LogP contribution is 2.21. The zero-order valence-corrected chi connectivity index (χ0v) is 17.6. The Morgan fingerprint density at radius 2 is 1.81 bits per heavy atom. The first kappa shape index (κ1) is 21.1. The standard InChI is InChI=1S/C24H25FN2O4/c1-16-13-27(17(2)12-26(16)14-18-3-7-20(25)8-4-18)23(28)15-30-21-9-5-19-6-10-24(29)31-22(19)11-21/h3-11,16-17H,12-15H2,1-2H3/t16-,17+/m0/s1. The molecule has 1 fully saturated rings. The number of carbonyl (C=O) groups excluding carboxylic acids is 1. The number of carbonyl (C=O) groups is 1. The second kappa shape index (κ2) is 8.89. The van der Waals surface area contributed by atoms with Crippen LogP contribution in [0.3, 0.4) is 0 Å². The van der Waals surface area contributed by atoms with Crippen LogP contribution in [0.25, 0.3) is 11.0 Å². The molecule has 7 heteroatoms. The Labute approximate surface area is 179 Å². The molecule has 0 N–H and O–H groups in total. The molecular formula is C24H25FN2O4. The van der Waals surface area contributed by atoms with Gasteiger partial charge in [0.05, 0.1) is 0 Å². The van der Waals surface area contributed by atoms with E-state index < -0.39 is 5.63 Å². The first-order chi connectivity index (χ1) is 14.9. The van der Waals surface area contributed by atoms with Gasteiger partial charge in [-0.1, -0.05) is 12.1 Å². The fourth-order valence-electron chi connectivity index (χ4n) is 3.95. The minimum absolute atomic E-state index is 0.0300. The van der Waals surface area contributed by atoms with Crippen molar-refractivity contribution in [2.24, 2.45) is 0 Å². The van der Waals surface area contributed by atoms with Crippen molar-refractivity contribution in [2.75, 3.05) is 19.7 Å². The number of rotatable bonds is 5. The van der Waals surface area contributed by atoms with E-state index >= 15 is 0 Å². The van der Waals surface area contributed by atoms with Crippen LogP contribution in [0, 0.1) is 5.82 Å². The van der Waals surface area contributed by atoms with Crippen LogP contribution in [0.4, 0.5) is 4.39 Å². The van der Waals surface area contributed by atoms with Gasteiger partial charge in [-0.15, -0.1) is 0 Å². The number of fused-ring (bicyclic) bond motifs is 1. The van der Waals surface area contributed by atoms with Gasteiger partial charge in [0.15, 0.2) is 6.61 Å². The number of benzene rings is 2. The van der Waals surface area contributed by atoms with Crippen molar-refractivity contribution in [1.82, 2.24) is 9.80 Å². The van der Waals surface area contributed by atoms with E-state index in [0.717, 1.165) is 17.5 Å². The average molecular weight is 424 g/mol. The lowest BCUT2D eigenvalue weighted by molar-refractivity contribution is -0.139. The van der Waals surface area contributed by atoms with Gasteiger partial charge in [0, 0.05) is 49.2 Å². The predicted molar refractivity (Wildman–Crippen MR) is 115 cm³/mol. The molecule has 31 heavy (non-hydrogen) atoms. The summed E-state index contributed by atoms with van der Waals surface area (Å²) in [4.78, 5) is 28.4. The summed E-state index contributed by atoms with van der Waals surface area (Å²) in [5.41, 5.74) is 1.04. The Bertz CT molecular complexity index is 1130. The van der Waals surface area contributed by atoms with Crippen molar-refractivity contribution in [2.45, 2.75) is 32.5 Å². The van der Waals surface area contributed by atoms with Crippen LogP contribution < -0.4 is 10.4 Å². The fourth-order valence-corrected chi connectivity index (χ4v) is 3.95. The Hall–Kier alpha value is -3.19. The highest BCUT2D eigenvalue weighted by atomic mass is 19.1. The molecule has 0 saturated carbocycles. The van der Waals surface area contributed by atoms with Crippen LogP contribution in [0.15, 0.2) is 63.8 Å². The highest BCUT2D eigenvalue weighted by molar-refractivity contribution is 5.79. The number of hydrogen-bond acceptors (Lipinski definition) is 5. The van der Waals surface area contributed by atoms with Gasteiger partial charge in [-0.3, -0.25) is 9.69 Å². The van der Waals surface area contributed by atoms with Gasteiger partial charge in [-0.25, -0.2) is 9.18 Å². The van der Waals surface area contributed by atoms with Crippen LogP contribution in [0.5, 0.6) is 5.75 Å². The molecule has 3 aromatic rings. The average Bonchev–Trinajstić information content (AvgIpc) is 2.75. The van der Waals surface area contributed by atoms with Crippen molar-refractivity contribution in [3.8, 4) is 5.75 Å². The summed E-state index contributed by atoms with van der Waals surface area (Å²) < 4.78 is 24.0. The zero-order chi connectivity index (χ0) is 22.0. The topological polar surface area (TPSA) is 63.0 Å². The molecular weight excluding hydrogens is 399 g/mol. The summed E-state index contributed by atoms with van der Waals surface area (Å²) in [6.45, 7) is 6.06. The molecule has 0 spiro atoms. The summed E-state index contributed by atoms with van der Waals surface area (Å²) in [5.74, 6) is 0.148. The fraction of sp³-hybridized carbons (Fsp3) is 0.333. The van der Waals surface area contributed by atoms with Crippen LogP contribution in [0.1, 0.15) is 19.4 Å². The number of piperazine rings is 1. The number of hydrogen-bond donors (Lipinski definition) is 0. The Morgan fingerprint density at radius 1 is 1.06 bits per heavy atom. The molecule has 1 saturated heterocycles. The third-order valence-corrected chi connectivity index (χ3v) is 5.69. The minimum Gasteiger partial charge on any atom is -0.484 e. The van der Waals surface area contributed by atoms with E-state index in [2.05, 4.69) is 11.8 Å². The van der Waals surface area contributed by atoms with Gasteiger partial charge >= 0.3 is 5.63 Å². The van der Waals surface area contributed by atoms with Crippen molar-refractivity contribution < 1.29 is 18.3 Å². The van der Waals surface area contributed by atoms with Gasteiger partial charge < -0.3 is 14.1 Å². The van der Waals surface area contributed by atoms with E-state index in [1.165, 1.54) is 18.2 Å². The molecule has 2 atom stereocenters. The Kier molecular flexibility index (Phi) is 6.04. The third kappa shape index (κ3) is 4.94. The normalized spacial score (nSPS) is 19.5. The van der Waals surface area contributed by atoms with Crippen LogP contribution in [-0.2, 0) is 11.3 Å². The van der Waals surface area contributed by atoms with Gasteiger partial charge in [0.2, 0.25) is 0 Å². The second-order valence-electron chi connectivity index (χ2n) is 8.04. The van der Waals surface area contributed by atoms with E-state index in [1.807, 2.05) is 11.8 Å². The smallest absolute Gasteiger partial charge is 0.336 e. The molecule has 1 amide bonds. The summed E-state index contributed by atoms with van der Waals surface area (Å²) in [5, 5.41) is 0.790. The summed E-state index contributed by atoms with van der Waals surface area (Å²) in [6.07, 6.45) is 0. The van der Waals surface area contributed by atoms with E-state index in [9.17, 15) is 14.0 Å². The van der Waals surface area contributed by atoms with E-state index in [-0.39, 0.29) is 30.4 Å². The Morgan fingerprint density at radius 3 is 2.58 bits per heavy atom. The summed E-state index contributed by atoms with van der Waals surface area (Å²) in [7, 11) is 0. The lowest BCUT2D eigenvalue weighted by Gasteiger charge is -2.44. The molecule has 162 valence electrons. The number of amides is 1. The van der Waals surface area contributed by atoms with Gasteiger partial charge in [0.1, 0.15) is 17.1 Å². The molecule has 6 nitrogen and oxygen atoms in total. The van der Waals surface area contributed by atoms with Crippen LogP contribution in [-0.4, -0.2) is 47.5 Å². The molecule has 0 unspecified atom stereocenters. The van der Waals surface area contributed by atoms with Crippen molar-refractivity contribution in [1.29, 1.82) is 0 Å². The predicted octanol–water partition coefficient (Wildman–Crippen LogP) is 3.43. The summed E-state index contributed by atoms with van der Waals surface area (Å²) in [6, 6.07) is 14.9. The van der Waals surface area contributed by atoms with Crippen molar-refractivity contribution >= 4 is 16.9 Å². The minimum atomic E-state index is -0.429. The SMILES string of the molecule is C[C@@H]1CN(Cc2ccc(F)cc2)[C@@H](C)CN1C(=O)COc1ccc2ccc(=O)oc2c1. The van der Waals surface area contributed by atoms with Crippen LogP contribution in [0.2, 0.25) is 0 Å². The number of nitrogens with zero attached hydrogens (tertiary/aromatic N) is 2. The maximum atomic E-state index is 13.1. The zero-order valence-electron chi connectivity index (χ0n) is 17.6. The quantitative estimate of drug-likeness (QED) is 0.588. The molecule has 1 aliphatic heterocycles. The van der Waals surface area contributed by atoms with E-state index in [4.69, 9.17) is 9.15 Å². The monoisotopic (exact) mass is 424 g/mol. The maximum Gasteiger partial charge on any atom is 0.336 e. The number of ether oxygens (including phenoxy) is 1. The summed E-state index contributed by atoms with van der Waals surface area (Å²) >= 11 is 0. The molecule has 2 aromatic carbocycles. The Balaban J connectivity index is 1.35. The molecule has 0 radical (unpaired) electrons. The molecule has 2 heterocycles. The largest absolute Gasteiger partial charge is 0.484 e. The molecule has 4 rings (SSSR count). The lowest BCUT2D eigenvalue weighted by atomic mass is 10.1. The first-order valence-corrected chi connectivity index (χ1v) is 10.3. The first-order valence-electron chi connectivity index (χ1n) is 10.3. The third-order valence-electron chi connectivity index (χ3n) is 5.69. The van der Waals surface area contributed by atoms with Gasteiger partial charge in [-0.2, -0.15) is 0 Å². The number of halogens is 1. The maximum absolute atomic E-state index is 13.1. The van der Waals surface area contributed by atoms with E-state index in [0.29, 0.717) is 24.4 Å². The molecule has 0 aliphatic carbocycles. The lowest BCUT2D eigenvalue weighted by Crippen LogP contribution is -2.58. The van der Waals surface area contributed by atoms with Crippen LogP contribution >= 0.6 is 0 Å². The second-order valence-corrected chi connectivity index (χ2v) is 8.04. The van der Waals surface area contributed by atoms with E-state index in [1.54, 1.807) is 36.4 Å². The molecule has 0 bridgehead atoms. The highest BCUT2D eigenvalue weighted by Gasteiger charge is 2.32. The van der Waals surface area contributed by atoms with Gasteiger partial charge in [-0.05, 0) is 49.7 Å². The molecule has 1 aliphatic rings.